The van der Waals surface area contributed by atoms with Gasteiger partial charge in [0.1, 0.15) is 6.10 Å². The molecule has 7 nitrogen and oxygen atoms in total. The summed E-state index contributed by atoms with van der Waals surface area (Å²) in [4.78, 5) is 1.87. The van der Waals surface area contributed by atoms with E-state index < -0.39 is 23.9 Å². The van der Waals surface area contributed by atoms with Gasteiger partial charge in [0.05, 0.1) is 29.5 Å². The molecule has 190 valence electrons. The van der Waals surface area contributed by atoms with E-state index in [0.717, 1.165) is 28.5 Å². The normalized spacial score (nSPS) is 38.3. The van der Waals surface area contributed by atoms with Gasteiger partial charge in [0.2, 0.25) is 0 Å². The summed E-state index contributed by atoms with van der Waals surface area (Å²) >= 11 is 0. The summed E-state index contributed by atoms with van der Waals surface area (Å²) in [5.74, 6) is 0.204. The molecule has 7 heteroatoms. The Hall–Kier alpha value is -2.42. The highest BCUT2D eigenvalue weighted by molar-refractivity contribution is 5.84. The number of aromatic nitrogens is 2. The fourth-order valence-corrected chi connectivity index (χ4v) is 7.44. The Morgan fingerprint density at radius 3 is 2.67 bits per heavy atom. The van der Waals surface area contributed by atoms with Crippen molar-refractivity contribution in [1.82, 2.24) is 15.1 Å². The first kappa shape index (κ1) is 23.9. The van der Waals surface area contributed by atoms with E-state index in [9.17, 15) is 20.4 Å². The molecule has 1 aromatic carbocycles. The second-order valence-corrected chi connectivity index (χ2v) is 11.6. The van der Waals surface area contributed by atoms with Crippen molar-refractivity contribution in [1.29, 1.82) is 0 Å². The minimum absolute atomic E-state index is 0.204. The smallest absolute Gasteiger partial charge is 0.105 e. The average Bonchev–Trinajstić information content (AvgIpc) is 3.10. The zero-order valence-corrected chi connectivity index (χ0v) is 21.1. The molecule has 2 unspecified atom stereocenters. The van der Waals surface area contributed by atoms with Crippen molar-refractivity contribution in [3.8, 4) is 0 Å². The molecule has 0 saturated heterocycles. The van der Waals surface area contributed by atoms with Crippen LogP contribution in [0, 0.1) is 11.3 Å². The van der Waals surface area contributed by atoms with Crippen molar-refractivity contribution in [2.75, 3.05) is 14.1 Å². The number of rotatable bonds is 2. The molecule has 6 rings (SSSR count). The summed E-state index contributed by atoms with van der Waals surface area (Å²) < 4.78 is 0. The zero-order valence-electron chi connectivity index (χ0n) is 21.1. The van der Waals surface area contributed by atoms with Gasteiger partial charge >= 0.3 is 0 Å². The number of nitrogens with zero attached hydrogens (tertiary/aromatic N) is 3. The number of allylic oxidation sites excluding steroid dienone is 3. The second kappa shape index (κ2) is 8.30. The first-order valence-corrected chi connectivity index (χ1v) is 12.9. The monoisotopic (exact) mass is 489 g/mol. The molecule has 36 heavy (non-hydrogen) atoms. The maximum Gasteiger partial charge on any atom is 0.105 e. The lowest BCUT2D eigenvalue weighted by Crippen LogP contribution is -2.58. The van der Waals surface area contributed by atoms with Crippen molar-refractivity contribution in [3.63, 3.8) is 0 Å². The number of aliphatic hydroxyl groups excluding tert-OH is 3. The number of fused-ring (bicyclic) bond motifs is 4. The molecule has 2 aromatic rings. The van der Waals surface area contributed by atoms with Gasteiger partial charge in [-0.1, -0.05) is 36.8 Å². The van der Waals surface area contributed by atoms with E-state index in [0.29, 0.717) is 31.3 Å². The van der Waals surface area contributed by atoms with Crippen molar-refractivity contribution in [3.05, 3.63) is 64.9 Å². The first-order chi connectivity index (χ1) is 17.1. The Labute approximate surface area is 211 Å². The lowest BCUT2D eigenvalue weighted by Gasteiger charge is -2.46. The molecule has 1 heterocycles. The van der Waals surface area contributed by atoms with E-state index >= 15 is 0 Å². The van der Waals surface area contributed by atoms with Crippen molar-refractivity contribution >= 4 is 16.5 Å². The van der Waals surface area contributed by atoms with Crippen LogP contribution in [-0.4, -0.2) is 79.6 Å². The van der Waals surface area contributed by atoms with Crippen molar-refractivity contribution < 1.29 is 20.4 Å². The molecule has 7 atom stereocenters. The highest BCUT2D eigenvalue weighted by Gasteiger charge is 2.53. The number of benzene rings is 1. The van der Waals surface area contributed by atoms with Gasteiger partial charge in [0.25, 0.3) is 0 Å². The van der Waals surface area contributed by atoms with E-state index in [1.165, 1.54) is 11.1 Å². The van der Waals surface area contributed by atoms with Gasteiger partial charge < -0.3 is 25.3 Å². The number of hydrogen-bond donors (Lipinski definition) is 4. The Balaban J connectivity index is 1.38. The topological polar surface area (TPSA) is 110 Å². The van der Waals surface area contributed by atoms with E-state index in [2.05, 4.69) is 41.4 Å². The van der Waals surface area contributed by atoms with Crippen LogP contribution in [-0.2, 0) is 0 Å². The van der Waals surface area contributed by atoms with Crippen LogP contribution >= 0.6 is 0 Å². The van der Waals surface area contributed by atoms with Gasteiger partial charge in [-0.3, -0.25) is 0 Å². The minimum atomic E-state index is -1.22. The van der Waals surface area contributed by atoms with Gasteiger partial charge in [-0.05, 0) is 86.5 Å². The third-order valence-corrected chi connectivity index (χ3v) is 9.44. The minimum Gasteiger partial charge on any atom is -0.388 e. The Morgan fingerprint density at radius 1 is 1.08 bits per heavy atom. The molecule has 0 bridgehead atoms. The number of aliphatic hydroxyl groups is 4. The highest BCUT2D eigenvalue weighted by Crippen LogP contribution is 2.60. The van der Waals surface area contributed by atoms with E-state index in [4.69, 9.17) is 0 Å². The largest absolute Gasteiger partial charge is 0.388 e. The van der Waals surface area contributed by atoms with Crippen LogP contribution in [0.2, 0.25) is 0 Å². The SMILES string of the molecule is CN(C)[C@H]1C[C@]2(O)CCC3=C(C=C2[C@@H](O)[C@@H]1O)C(O)C[C@]1(C)C(c2ccc4ccnnc4c2)=CCC31. The quantitative estimate of drug-likeness (QED) is 0.513. The van der Waals surface area contributed by atoms with Crippen LogP contribution in [0.3, 0.4) is 0 Å². The standard InChI is InChI=1S/C29H35N3O4/c1-28-15-25(33)19-13-22-26(34)27(35)24(32(2)3)14-29(22,36)10-8-18(19)21(28)7-6-20(28)17-5-4-16-9-11-30-31-23(16)12-17/h4-6,9,11-13,21,24-27,33-36H,7-8,10,14-15H2,1-3H3/t21?,24-,25?,26+,27+,28+,29+/m0/s1. The van der Waals surface area contributed by atoms with Gasteiger partial charge in [-0.25, -0.2) is 0 Å². The van der Waals surface area contributed by atoms with Gasteiger partial charge in [0.15, 0.2) is 0 Å². The van der Waals surface area contributed by atoms with Crippen LogP contribution in [0.15, 0.2) is 59.3 Å². The van der Waals surface area contributed by atoms with E-state index in [1.807, 2.05) is 31.1 Å². The number of likely N-dealkylation sites (N-methyl/N-ethyl adjacent to an activating group) is 1. The fourth-order valence-electron chi connectivity index (χ4n) is 7.44. The third-order valence-electron chi connectivity index (χ3n) is 9.44. The predicted octanol–water partition coefficient (Wildman–Crippen LogP) is 2.61. The molecule has 0 radical (unpaired) electrons. The summed E-state index contributed by atoms with van der Waals surface area (Å²) in [5, 5.41) is 54.4. The van der Waals surface area contributed by atoms with Gasteiger partial charge in [-0.15, -0.1) is 0 Å². The maximum atomic E-state index is 11.7. The molecular formula is C29H35N3O4. The average molecular weight is 490 g/mol. The zero-order chi connectivity index (χ0) is 25.4. The summed E-state index contributed by atoms with van der Waals surface area (Å²) in [6.45, 7) is 2.24. The Bertz CT molecular complexity index is 1320. The van der Waals surface area contributed by atoms with Crippen LogP contribution in [0.4, 0.5) is 0 Å². The molecule has 4 aliphatic rings. The van der Waals surface area contributed by atoms with Gasteiger partial charge in [-0.2, -0.15) is 10.2 Å². The molecule has 1 fully saturated rings. The molecule has 4 N–H and O–H groups in total. The Kier molecular flexibility index (Phi) is 5.52. The molecule has 1 aromatic heterocycles. The molecule has 0 amide bonds. The molecule has 0 aliphatic heterocycles. The molecule has 0 spiro atoms. The Morgan fingerprint density at radius 2 is 1.89 bits per heavy atom. The van der Waals surface area contributed by atoms with Gasteiger partial charge in [0, 0.05) is 16.8 Å². The van der Waals surface area contributed by atoms with E-state index in [1.54, 1.807) is 6.20 Å². The van der Waals surface area contributed by atoms with Crippen LogP contribution in [0.1, 0.15) is 44.6 Å². The fraction of sp³-hybridized carbons (Fsp3) is 0.517. The summed E-state index contributed by atoms with van der Waals surface area (Å²) in [7, 11) is 3.72. The summed E-state index contributed by atoms with van der Waals surface area (Å²) in [6.07, 6.45) is 5.82. The van der Waals surface area contributed by atoms with Crippen molar-refractivity contribution in [2.45, 2.75) is 69.0 Å². The molecule has 1 saturated carbocycles. The predicted molar refractivity (Wildman–Crippen MR) is 138 cm³/mol. The van der Waals surface area contributed by atoms with Crippen LogP contribution in [0.5, 0.6) is 0 Å². The van der Waals surface area contributed by atoms with Crippen LogP contribution in [0.25, 0.3) is 16.5 Å². The van der Waals surface area contributed by atoms with Crippen molar-refractivity contribution in [2.24, 2.45) is 11.3 Å². The third kappa shape index (κ3) is 3.45. The number of hydrogen-bond acceptors (Lipinski definition) is 7. The van der Waals surface area contributed by atoms with E-state index in [-0.39, 0.29) is 17.4 Å². The lowest BCUT2D eigenvalue weighted by molar-refractivity contribution is -0.0922. The summed E-state index contributed by atoms with van der Waals surface area (Å²) in [5.41, 5.74) is 4.14. The second-order valence-electron chi connectivity index (χ2n) is 11.6. The highest BCUT2D eigenvalue weighted by atomic mass is 16.3. The van der Waals surface area contributed by atoms with Crippen LogP contribution < -0.4 is 0 Å². The maximum absolute atomic E-state index is 11.7. The molecule has 4 aliphatic carbocycles. The molecular weight excluding hydrogens is 454 g/mol. The first-order valence-electron chi connectivity index (χ1n) is 12.9. The summed E-state index contributed by atoms with van der Waals surface area (Å²) in [6, 6.07) is 7.90. The lowest BCUT2D eigenvalue weighted by atomic mass is 9.61.